The summed E-state index contributed by atoms with van der Waals surface area (Å²) in [7, 11) is 0. The highest BCUT2D eigenvalue weighted by atomic mass is 16.1. The minimum absolute atomic E-state index is 0.0703. The normalized spacial score (nSPS) is 30.9. The first-order valence-corrected chi connectivity index (χ1v) is 5.94. The van der Waals surface area contributed by atoms with Gasteiger partial charge in [-0.25, -0.2) is 0 Å². The van der Waals surface area contributed by atoms with Crippen LogP contribution in [0.15, 0.2) is 11.6 Å². The molecule has 86 valence electrons. The molecule has 1 aliphatic carbocycles. The maximum absolute atomic E-state index is 10.7. The van der Waals surface area contributed by atoms with Crippen LogP contribution in [0.5, 0.6) is 0 Å². The topological polar surface area (TPSA) is 29.1 Å². The number of amides is 1. The molecular formula is C13H23NO. The summed E-state index contributed by atoms with van der Waals surface area (Å²) in [6.07, 6.45) is 4.61. The Morgan fingerprint density at radius 1 is 1.47 bits per heavy atom. The van der Waals surface area contributed by atoms with E-state index in [9.17, 15) is 4.79 Å². The Labute approximate surface area is 93.1 Å². The summed E-state index contributed by atoms with van der Waals surface area (Å²) < 4.78 is 0. The lowest BCUT2D eigenvalue weighted by atomic mass is 9.75. The second-order valence-electron chi connectivity index (χ2n) is 4.96. The van der Waals surface area contributed by atoms with E-state index in [2.05, 4.69) is 32.2 Å². The number of hydrogen-bond donors (Lipinski definition) is 1. The van der Waals surface area contributed by atoms with Crippen molar-refractivity contribution in [2.24, 2.45) is 17.8 Å². The zero-order chi connectivity index (χ0) is 11.4. The van der Waals surface area contributed by atoms with Gasteiger partial charge in [0.15, 0.2) is 0 Å². The van der Waals surface area contributed by atoms with E-state index in [0.717, 1.165) is 24.8 Å². The smallest absolute Gasteiger partial charge is 0.216 e. The number of nitrogens with one attached hydrogen (secondary N) is 1. The third-order valence-corrected chi connectivity index (χ3v) is 3.63. The molecule has 0 aliphatic heterocycles. The van der Waals surface area contributed by atoms with E-state index in [1.165, 1.54) is 12.0 Å². The van der Waals surface area contributed by atoms with Gasteiger partial charge in [0.1, 0.15) is 0 Å². The molecule has 0 saturated heterocycles. The summed E-state index contributed by atoms with van der Waals surface area (Å²) in [4.78, 5) is 10.7. The Morgan fingerprint density at radius 2 is 2.13 bits per heavy atom. The summed E-state index contributed by atoms with van der Waals surface area (Å²) >= 11 is 0. The van der Waals surface area contributed by atoms with Crippen molar-refractivity contribution in [1.82, 2.24) is 5.32 Å². The first-order valence-electron chi connectivity index (χ1n) is 5.94. The van der Waals surface area contributed by atoms with Crippen LogP contribution in [0.1, 0.15) is 40.5 Å². The Morgan fingerprint density at radius 3 is 2.67 bits per heavy atom. The Kier molecular flexibility index (Phi) is 4.37. The molecule has 1 amide bonds. The van der Waals surface area contributed by atoms with Crippen molar-refractivity contribution in [1.29, 1.82) is 0 Å². The molecule has 3 unspecified atom stereocenters. The van der Waals surface area contributed by atoms with E-state index in [1.54, 1.807) is 6.92 Å². The van der Waals surface area contributed by atoms with E-state index in [-0.39, 0.29) is 5.91 Å². The van der Waals surface area contributed by atoms with Crippen LogP contribution in [-0.4, -0.2) is 12.5 Å². The average Bonchev–Trinajstić information content (AvgIpc) is 2.13. The standard InChI is InChI=1S/C13H23NO/c1-9-7-13(5-6-14-12(4)15)8-10(2)11(9)3/h7,9-11H,5-6,8H2,1-4H3,(H,14,15). The van der Waals surface area contributed by atoms with Crippen molar-refractivity contribution >= 4 is 5.91 Å². The Balaban J connectivity index is 2.42. The molecule has 0 bridgehead atoms. The number of hydrogen-bond acceptors (Lipinski definition) is 1. The van der Waals surface area contributed by atoms with Crippen molar-refractivity contribution in [3.05, 3.63) is 11.6 Å². The zero-order valence-corrected chi connectivity index (χ0v) is 10.3. The van der Waals surface area contributed by atoms with Gasteiger partial charge in [-0.15, -0.1) is 0 Å². The third kappa shape index (κ3) is 3.69. The van der Waals surface area contributed by atoms with Crippen LogP contribution in [0, 0.1) is 17.8 Å². The van der Waals surface area contributed by atoms with Gasteiger partial charge in [0.05, 0.1) is 0 Å². The minimum Gasteiger partial charge on any atom is -0.356 e. The molecule has 15 heavy (non-hydrogen) atoms. The Bertz CT molecular complexity index is 257. The quantitative estimate of drug-likeness (QED) is 0.711. The van der Waals surface area contributed by atoms with E-state index in [1.807, 2.05) is 0 Å². The van der Waals surface area contributed by atoms with Crippen LogP contribution in [0.4, 0.5) is 0 Å². The fourth-order valence-corrected chi connectivity index (χ4v) is 2.29. The van der Waals surface area contributed by atoms with Gasteiger partial charge in [-0.3, -0.25) is 4.79 Å². The molecule has 0 aromatic carbocycles. The predicted molar refractivity (Wildman–Crippen MR) is 63.5 cm³/mol. The van der Waals surface area contributed by atoms with E-state index >= 15 is 0 Å². The fraction of sp³-hybridized carbons (Fsp3) is 0.769. The minimum atomic E-state index is 0.0703. The van der Waals surface area contributed by atoms with Gasteiger partial charge in [0, 0.05) is 13.5 Å². The molecule has 3 atom stereocenters. The summed E-state index contributed by atoms with van der Waals surface area (Å²) in [5.41, 5.74) is 1.52. The highest BCUT2D eigenvalue weighted by molar-refractivity contribution is 5.72. The number of allylic oxidation sites excluding steroid dienone is 1. The van der Waals surface area contributed by atoms with E-state index < -0.39 is 0 Å². The lowest BCUT2D eigenvalue weighted by Gasteiger charge is -2.31. The highest BCUT2D eigenvalue weighted by Gasteiger charge is 2.23. The van der Waals surface area contributed by atoms with Crippen molar-refractivity contribution in [2.45, 2.75) is 40.5 Å². The molecule has 0 spiro atoms. The molecule has 2 nitrogen and oxygen atoms in total. The molecule has 0 aromatic heterocycles. The molecule has 0 saturated carbocycles. The number of carbonyl (C=O) groups is 1. The fourth-order valence-electron chi connectivity index (χ4n) is 2.29. The maximum Gasteiger partial charge on any atom is 0.216 e. The molecule has 0 heterocycles. The predicted octanol–water partition coefficient (Wildman–Crippen LogP) is 2.75. The summed E-state index contributed by atoms with van der Waals surface area (Å²) in [5, 5.41) is 2.85. The largest absolute Gasteiger partial charge is 0.356 e. The third-order valence-electron chi connectivity index (χ3n) is 3.63. The molecule has 0 radical (unpaired) electrons. The van der Waals surface area contributed by atoms with Gasteiger partial charge >= 0.3 is 0 Å². The molecular weight excluding hydrogens is 186 g/mol. The monoisotopic (exact) mass is 209 g/mol. The first kappa shape index (κ1) is 12.3. The van der Waals surface area contributed by atoms with Crippen LogP contribution in [0.2, 0.25) is 0 Å². The van der Waals surface area contributed by atoms with Crippen LogP contribution < -0.4 is 5.32 Å². The van der Waals surface area contributed by atoms with Crippen LogP contribution in [0.25, 0.3) is 0 Å². The molecule has 1 N–H and O–H groups in total. The van der Waals surface area contributed by atoms with Crippen molar-refractivity contribution in [2.75, 3.05) is 6.54 Å². The second-order valence-corrected chi connectivity index (χ2v) is 4.96. The van der Waals surface area contributed by atoms with Crippen LogP contribution in [-0.2, 0) is 4.79 Å². The van der Waals surface area contributed by atoms with Crippen molar-refractivity contribution in [3.63, 3.8) is 0 Å². The van der Waals surface area contributed by atoms with E-state index in [0.29, 0.717) is 5.92 Å². The average molecular weight is 209 g/mol. The summed E-state index contributed by atoms with van der Waals surface area (Å²) in [6, 6.07) is 0. The SMILES string of the molecule is CC(=O)NCCC1=CC(C)C(C)C(C)C1. The highest BCUT2D eigenvalue weighted by Crippen LogP contribution is 2.34. The maximum atomic E-state index is 10.7. The molecule has 0 fully saturated rings. The number of rotatable bonds is 3. The van der Waals surface area contributed by atoms with Crippen molar-refractivity contribution in [3.8, 4) is 0 Å². The van der Waals surface area contributed by atoms with Crippen LogP contribution in [0.3, 0.4) is 0 Å². The van der Waals surface area contributed by atoms with Crippen molar-refractivity contribution < 1.29 is 4.79 Å². The second kappa shape index (κ2) is 5.34. The molecule has 1 rings (SSSR count). The van der Waals surface area contributed by atoms with Gasteiger partial charge in [-0.05, 0) is 30.6 Å². The Hall–Kier alpha value is -0.790. The van der Waals surface area contributed by atoms with Gasteiger partial charge in [-0.2, -0.15) is 0 Å². The van der Waals surface area contributed by atoms with Crippen LogP contribution >= 0.6 is 0 Å². The lowest BCUT2D eigenvalue weighted by molar-refractivity contribution is -0.118. The zero-order valence-electron chi connectivity index (χ0n) is 10.3. The molecule has 1 aliphatic rings. The number of carbonyl (C=O) groups excluding carboxylic acids is 1. The molecule has 0 aromatic rings. The van der Waals surface area contributed by atoms with E-state index in [4.69, 9.17) is 0 Å². The van der Waals surface area contributed by atoms with Gasteiger partial charge in [-0.1, -0.05) is 32.4 Å². The summed E-state index contributed by atoms with van der Waals surface area (Å²) in [6.45, 7) is 9.30. The lowest BCUT2D eigenvalue weighted by Crippen LogP contribution is -2.24. The van der Waals surface area contributed by atoms with Gasteiger partial charge in [0.2, 0.25) is 5.91 Å². The van der Waals surface area contributed by atoms with Gasteiger partial charge < -0.3 is 5.32 Å². The molecule has 2 heteroatoms. The summed E-state index contributed by atoms with van der Waals surface area (Å²) in [5.74, 6) is 2.31. The van der Waals surface area contributed by atoms with Gasteiger partial charge in [0.25, 0.3) is 0 Å². The first-order chi connectivity index (χ1) is 7.00.